The number of rotatable bonds is 7. The number of methoxy groups -OCH3 is 1. The summed E-state index contributed by atoms with van der Waals surface area (Å²) in [4.78, 5) is 2.11. The Morgan fingerprint density at radius 1 is 0.963 bits per heavy atom. The number of ether oxygens (including phenoxy) is 2. The molecule has 146 valence electrons. The van der Waals surface area contributed by atoms with E-state index in [1.807, 2.05) is 24.3 Å². The smallest absolute Gasteiger partial charge is 0.217 e. The Bertz CT molecular complexity index is 850. The number of para-hydroxylation sites is 1. The van der Waals surface area contributed by atoms with Crippen molar-refractivity contribution in [3.63, 3.8) is 0 Å². The van der Waals surface area contributed by atoms with Gasteiger partial charge >= 0.3 is 0 Å². The van der Waals surface area contributed by atoms with Gasteiger partial charge in [0, 0.05) is 26.2 Å². The molecule has 1 heterocycles. The minimum atomic E-state index is -3.36. The summed E-state index contributed by atoms with van der Waals surface area (Å²) >= 11 is 6.23. The lowest BCUT2D eigenvalue weighted by Crippen LogP contribution is -2.49. The topological polar surface area (TPSA) is 59.1 Å². The lowest BCUT2D eigenvalue weighted by Gasteiger charge is -2.35. The third kappa shape index (κ3) is 5.06. The van der Waals surface area contributed by atoms with E-state index in [-0.39, 0.29) is 12.4 Å². The molecule has 0 N–H and O–H groups in total. The largest absolute Gasteiger partial charge is 0.497 e. The fourth-order valence-corrected chi connectivity index (χ4v) is 4.51. The van der Waals surface area contributed by atoms with Crippen molar-refractivity contribution in [3.8, 4) is 11.5 Å². The Kier molecular flexibility index (Phi) is 6.46. The van der Waals surface area contributed by atoms with E-state index in [4.69, 9.17) is 21.1 Å². The molecule has 8 heteroatoms. The highest BCUT2D eigenvalue weighted by atomic mass is 35.5. The second-order valence-electron chi connectivity index (χ2n) is 6.18. The van der Waals surface area contributed by atoms with Gasteiger partial charge in [0.05, 0.1) is 23.6 Å². The van der Waals surface area contributed by atoms with E-state index >= 15 is 0 Å². The van der Waals surface area contributed by atoms with E-state index in [0.29, 0.717) is 37.0 Å². The average Bonchev–Trinajstić information content (AvgIpc) is 2.69. The zero-order chi connectivity index (χ0) is 19.3. The first kappa shape index (κ1) is 19.8. The molecule has 0 aromatic heterocycles. The molecule has 6 nitrogen and oxygen atoms in total. The molecule has 0 atom stereocenters. The van der Waals surface area contributed by atoms with Crippen LogP contribution < -0.4 is 14.4 Å². The van der Waals surface area contributed by atoms with Crippen LogP contribution >= 0.6 is 11.6 Å². The molecule has 0 amide bonds. The molecule has 27 heavy (non-hydrogen) atoms. The van der Waals surface area contributed by atoms with Crippen molar-refractivity contribution in [2.24, 2.45) is 0 Å². The molecule has 0 aliphatic carbocycles. The first-order chi connectivity index (χ1) is 13.0. The van der Waals surface area contributed by atoms with E-state index < -0.39 is 10.0 Å². The number of sulfonamides is 1. The standard InChI is InChI=1S/C19H23ClN2O4S/c1-25-16-6-8-17(9-7-16)26-14-15-27(23,24)22-12-10-21(11-13-22)19-5-3-2-4-18(19)20/h2-9H,10-15H2,1H3. The summed E-state index contributed by atoms with van der Waals surface area (Å²) in [6, 6.07) is 14.7. The molecule has 1 aliphatic rings. The predicted octanol–water partition coefficient (Wildman–Crippen LogP) is 2.88. The Balaban J connectivity index is 1.50. The number of benzene rings is 2. The van der Waals surface area contributed by atoms with Crippen LogP contribution in [0, 0.1) is 0 Å². The monoisotopic (exact) mass is 410 g/mol. The fraction of sp³-hybridized carbons (Fsp3) is 0.368. The number of piperazine rings is 1. The first-order valence-electron chi connectivity index (χ1n) is 8.74. The van der Waals surface area contributed by atoms with Crippen molar-refractivity contribution in [3.05, 3.63) is 53.6 Å². The number of hydrogen-bond donors (Lipinski definition) is 0. The molecule has 0 unspecified atom stereocenters. The van der Waals surface area contributed by atoms with Crippen molar-refractivity contribution in [1.29, 1.82) is 0 Å². The van der Waals surface area contributed by atoms with Crippen LogP contribution in [0.5, 0.6) is 11.5 Å². The quantitative estimate of drug-likeness (QED) is 0.702. The van der Waals surface area contributed by atoms with Crippen LogP contribution in [0.2, 0.25) is 5.02 Å². The Labute approximate surface area is 165 Å². The predicted molar refractivity (Wildman–Crippen MR) is 108 cm³/mol. The summed E-state index contributed by atoms with van der Waals surface area (Å²) in [5, 5.41) is 0.682. The van der Waals surface area contributed by atoms with Gasteiger partial charge in [-0.25, -0.2) is 8.42 Å². The second-order valence-corrected chi connectivity index (χ2v) is 8.67. The van der Waals surface area contributed by atoms with Gasteiger partial charge in [0.2, 0.25) is 10.0 Å². The van der Waals surface area contributed by atoms with Gasteiger partial charge in [0.15, 0.2) is 0 Å². The molecule has 0 saturated carbocycles. The SMILES string of the molecule is COc1ccc(OCCS(=O)(=O)N2CCN(c3ccccc3Cl)CC2)cc1. The zero-order valence-electron chi connectivity index (χ0n) is 15.2. The van der Waals surface area contributed by atoms with Crippen LogP contribution in [-0.4, -0.2) is 58.4 Å². The maximum atomic E-state index is 12.6. The molecule has 1 fully saturated rings. The number of hydrogen-bond acceptors (Lipinski definition) is 5. The number of nitrogens with zero attached hydrogens (tertiary/aromatic N) is 2. The molecule has 0 spiro atoms. The molecular formula is C19H23ClN2O4S. The van der Waals surface area contributed by atoms with Crippen molar-refractivity contribution in [2.75, 3.05) is 50.5 Å². The molecule has 0 bridgehead atoms. The van der Waals surface area contributed by atoms with E-state index in [9.17, 15) is 8.42 Å². The number of anilines is 1. The minimum Gasteiger partial charge on any atom is -0.497 e. The lowest BCUT2D eigenvalue weighted by atomic mass is 10.2. The third-order valence-corrected chi connectivity index (χ3v) is 6.65. The highest BCUT2D eigenvalue weighted by Crippen LogP contribution is 2.26. The van der Waals surface area contributed by atoms with Gasteiger partial charge in [-0.3, -0.25) is 0 Å². The van der Waals surface area contributed by atoms with Crippen LogP contribution in [-0.2, 0) is 10.0 Å². The Hall–Kier alpha value is -1.96. The highest BCUT2D eigenvalue weighted by molar-refractivity contribution is 7.89. The minimum absolute atomic E-state index is 0.0505. The van der Waals surface area contributed by atoms with Crippen molar-refractivity contribution < 1.29 is 17.9 Å². The molecule has 1 saturated heterocycles. The van der Waals surface area contributed by atoms with Crippen LogP contribution in [0.1, 0.15) is 0 Å². The van der Waals surface area contributed by atoms with Crippen LogP contribution in [0.15, 0.2) is 48.5 Å². The first-order valence-corrected chi connectivity index (χ1v) is 10.7. The van der Waals surface area contributed by atoms with Crippen molar-refractivity contribution >= 4 is 27.3 Å². The average molecular weight is 411 g/mol. The van der Waals surface area contributed by atoms with Crippen LogP contribution in [0.4, 0.5) is 5.69 Å². The van der Waals surface area contributed by atoms with E-state index in [0.717, 1.165) is 11.4 Å². The van der Waals surface area contributed by atoms with Crippen LogP contribution in [0.3, 0.4) is 0 Å². The maximum absolute atomic E-state index is 12.6. The van der Waals surface area contributed by atoms with E-state index in [2.05, 4.69) is 4.90 Å². The van der Waals surface area contributed by atoms with Gasteiger partial charge in [-0.1, -0.05) is 23.7 Å². The summed E-state index contributed by atoms with van der Waals surface area (Å²) in [5.41, 5.74) is 0.944. The highest BCUT2D eigenvalue weighted by Gasteiger charge is 2.27. The van der Waals surface area contributed by atoms with E-state index in [1.54, 1.807) is 31.4 Å². The Morgan fingerprint density at radius 3 is 2.22 bits per heavy atom. The van der Waals surface area contributed by atoms with Gasteiger partial charge in [-0.2, -0.15) is 4.31 Å². The summed E-state index contributed by atoms with van der Waals surface area (Å²) < 4.78 is 37.3. The maximum Gasteiger partial charge on any atom is 0.217 e. The Morgan fingerprint density at radius 2 is 1.59 bits per heavy atom. The summed E-state index contributed by atoms with van der Waals surface area (Å²) in [7, 11) is -1.77. The summed E-state index contributed by atoms with van der Waals surface area (Å²) in [6.07, 6.45) is 0. The van der Waals surface area contributed by atoms with Gasteiger partial charge < -0.3 is 14.4 Å². The lowest BCUT2D eigenvalue weighted by molar-refractivity contribution is 0.330. The molecule has 3 rings (SSSR count). The molecule has 2 aromatic rings. The summed E-state index contributed by atoms with van der Waals surface area (Å²) in [5.74, 6) is 1.30. The third-order valence-electron chi connectivity index (χ3n) is 4.49. The van der Waals surface area contributed by atoms with Crippen LogP contribution in [0.25, 0.3) is 0 Å². The molecule has 2 aromatic carbocycles. The second kappa shape index (κ2) is 8.82. The van der Waals surface area contributed by atoms with Gasteiger partial charge in [-0.05, 0) is 36.4 Å². The van der Waals surface area contributed by atoms with Gasteiger partial charge in [0.1, 0.15) is 18.1 Å². The van der Waals surface area contributed by atoms with Crippen molar-refractivity contribution in [2.45, 2.75) is 0 Å². The number of halogens is 1. The normalized spacial score (nSPS) is 15.6. The fourth-order valence-electron chi connectivity index (χ4n) is 2.98. The van der Waals surface area contributed by atoms with E-state index in [1.165, 1.54) is 4.31 Å². The molecule has 0 radical (unpaired) electrons. The zero-order valence-corrected chi connectivity index (χ0v) is 16.7. The van der Waals surface area contributed by atoms with Crippen molar-refractivity contribution in [1.82, 2.24) is 4.31 Å². The van der Waals surface area contributed by atoms with Gasteiger partial charge in [0.25, 0.3) is 0 Å². The molecule has 1 aliphatic heterocycles. The summed E-state index contributed by atoms with van der Waals surface area (Å²) in [6.45, 7) is 2.22. The van der Waals surface area contributed by atoms with Gasteiger partial charge in [-0.15, -0.1) is 0 Å². The molecular weight excluding hydrogens is 388 g/mol.